The monoisotopic (exact) mass is 265 g/mol. The number of aryl methyl sites for hydroxylation is 4. The molecule has 102 valence electrons. The summed E-state index contributed by atoms with van der Waals surface area (Å²) < 4.78 is 0. The van der Waals surface area contributed by atoms with Crippen LogP contribution in [0.4, 0.5) is 5.69 Å². The summed E-state index contributed by atoms with van der Waals surface area (Å²) in [6.45, 7) is 3.97. The van der Waals surface area contributed by atoms with Crippen molar-refractivity contribution in [3.05, 3.63) is 64.2 Å². The van der Waals surface area contributed by atoms with Gasteiger partial charge in [0.15, 0.2) is 0 Å². The van der Waals surface area contributed by atoms with Crippen LogP contribution in [0.25, 0.3) is 0 Å². The fourth-order valence-corrected chi connectivity index (χ4v) is 2.83. The van der Waals surface area contributed by atoms with Gasteiger partial charge in [-0.15, -0.1) is 0 Å². The third-order valence-electron chi connectivity index (χ3n) is 3.99. The Morgan fingerprint density at radius 3 is 2.65 bits per heavy atom. The van der Waals surface area contributed by atoms with Gasteiger partial charge in [0.25, 0.3) is 5.91 Å². The highest BCUT2D eigenvalue weighted by molar-refractivity contribution is 6.05. The Kier molecular flexibility index (Phi) is 3.31. The lowest BCUT2D eigenvalue weighted by Gasteiger charge is -2.10. The van der Waals surface area contributed by atoms with Gasteiger partial charge in [-0.3, -0.25) is 4.79 Å². The molecule has 0 atom stereocenters. The van der Waals surface area contributed by atoms with E-state index in [1.54, 1.807) is 0 Å². The van der Waals surface area contributed by atoms with Crippen LogP contribution < -0.4 is 5.32 Å². The van der Waals surface area contributed by atoms with Crippen molar-refractivity contribution in [1.82, 2.24) is 0 Å². The van der Waals surface area contributed by atoms with Crippen LogP contribution in [0.1, 0.15) is 39.0 Å². The second-order valence-corrected chi connectivity index (χ2v) is 5.61. The molecule has 2 nitrogen and oxygen atoms in total. The number of hydrogen-bond acceptors (Lipinski definition) is 1. The second-order valence-electron chi connectivity index (χ2n) is 5.61. The SMILES string of the molecule is Cc1ccc(C)c(C(=O)Nc2ccc3c(c2)CCC3)c1. The van der Waals surface area contributed by atoms with Gasteiger partial charge in [-0.1, -0.05) is 23.8 Å². The molecule has 0 unspecified atom stereocenters. The highest BCUT2D eigenvalue weighted by atomic mass is 16.1. The first kappa shape index (κ1) is 12.9. The van der Waals surface area contributed by atoms with Crippen molar-refractivity contribution in [2.75, 3.05) is 5.32 Å². The van der Waals surface area contributed by atoms with E-state index >= 15 is 0 Å². The van der Waals surface area contributed by atoms with Crippen molar-refractivity contribution >= 4 is 11.6 Å². The second kappa shape index (κ2) is 5.12. The van der Waals surface area contributed by atoms with Crippen LogP contribution in [0.2, 0.25) is 0 Å². The molecule has 0 saturated carbocycles. The third-order valence-corrected chi connectivity index (χ3v) is 3.99. The molecular weight excluding hydrogens is 246 g/mol. The molecule has 0 heterocycles. The number of amides is 1. The highest BCUT2D eigenvalue weighted by Crippen LogP contribution is 2.25. The zero-order valence-corrected chi connectivity index (χ0v) is 12.0. The molecule has 1 N–H and O–H groups in total. The molecule has 1 amide bonds. The molecule has 1 aliphatic carbocycles. The summed E-state index contributed by atoms with van der Waals surface area (Å²) in [5.41, 5.74) is 6.57. The normalized spacial score (nSPS) is 13.1. The van der Waals surface area contributed by atoms with E-state index in [0.29, 0.717) is 0 Å². The van der Waals surface area contributed by atoms with Crippen molar-refractivity contribution in [3.8, 4) is 0 Å². The predicted octanol–water partition coefficient (Wildman–Crippen LogP) is 4.04. The van der Waals surface area contributed by atoms with E-state index in [4.69, 9.17) is 0 Å². The summed E-state index contributed by atoms with van der Waals surface area (Å²) in [6.07, 6.45) is 3.52. The first-order valence-electron chi connectivity index (χ1n) is 7.14. The van der Waals surface area contributed by atoms with Crippen molar-refractivity contribution in [2.45, 2.75) is 33.1 Å². The molecule has 2 aromatic carbocycles. The van der Waals surface area contributed by atoms with Crippen molar-refractivity contribution < 1.29 is 4.79 Å². The Morgan fingerprint density at radius 1 is 1.00 bits per heavy atom. The summed E-state index contributed by atoms with van der Waals surface area (Å²) in [7, 11) is 0. The number of carbonyl (C=O) groups is 1. The van der Waals surface area contributed by atoms with Gasteiger partial charge in [0.2, 0.25) is 0 Å². The number of benzene rings is 2. The highest BCUT2D eigenvalue weighted by Gasteiger charge is 2.13. The minimum absolute atomic E-state index is 0.0239. The van der Waals surface area contributed by atoms with E-state index in [2.05, 4.69) is 17.4 Å². The molecular formula is C18H19NO. The maximum absolute atomic E-state index is 12.4. The lowest BCUT2D eigenvalue weighted by molar-refractivity contribution is 0.102. The van der Waals surface area contributed by atoms with Gasteiger partial charge < -0.3 is 5.32 Å². The molecule has 0 aromatic heterocycles. The fourth-order valence-electron chi connectivity index (χ4n) is 2.83. The summed E-state index contributed by atoms with van der Waals surface area (Å²) in [5, 5.41) is 3.02. The lowest BCUT2D eigenvalue weighted by atomic mass is 10.0. The predicted molar refractivity (Wildman–Crippen MR) is 82.3 cm³/mol. The molecule has 2 heteroatoms. The van der Waals surface area contributed by atoms with E-state index in [0.717, 1.165) is 28.8 Å². The minimum Gasteiger partial charge on any atom is -0.322 e. The molecule has 0 radical (unpaired) electrons. The topological polar surface area (TPSA) is 29.1 Å². The van der Waals surface area contributed by atoms with Crippen molar-refractivity contribution in [3.63, 3.8) is 0 Å². The van der Waals surface area contributed by atoms with Crippen LogP contribution >= 0.6 is 0 Å². The van der Waals surface area contributed by atoms with Crippen LogP contribution in [-0.2, 0) is 12.8 Å². The number of hydrogen-bond donors (Lipinski definition) is 1. The maximum Gasteiger partial charge on any atom is 0.255 e. The third kappa shape index (κ3) is 2.46. The quantitative estimate of drug-likeness (QED) is 0.872. The van der Waals surface area contributed by atoms with Gasteiger partial charge in [0.05, 0.1) is 0 Å². The van der Waals surface area contributed by atoms with Crippen LogP contribution in [-0.4, -0.2) is 5.91 Å². The van der Waals surface area contributed by atoms with Crippen molar-refractivity contribution in [1.29, 1.82) is 0 Å². The van der Waals surface area contributed by atoms with E-state index in [1.807, 2.05) is 38.1 Å². The van der Waals surface area contributed by atoms with Crippen molar-refractivity contribution in [2.24, 2.45) is 0 Å². The van der Waals surface area contributed by atoms with Gasteiger partial charge in [-0.25, -0.2) is 0 Å². The number of rotatable bonds is 2. The summed E-state index contributed by atoms with van der Waals surface area (Å²) in [6, 6.07) is 12.2. The molecule has 0 fully saturated rings. The van der Waals surface area contributed by atoms with Crippen LogP contribution in [0.3, 0.4) is 0 Å². The molecule has 0 spiro atoms. The number of nitrogens with one attached hydrogen (secondary N) is 1. The Bertz CT molecular complexity index is 673. The lowest BCUT2D eigenvalue weighted by Crippen LogP contribution is -2.13. The largest absolute Gasteiger partial charge is 0.322 e. The molecule has 0 saturated heterocycles. The Labute approximate surface area is 119 Å². The smallest absolute Gasteiger partial charge is 0.255 e. The van der Waals surface area contributed by atoms with E-state index in [1.165, 1.54) is 24.0 Å². The Balaban J connectivity index is 1.84. The minimum atomic E-state index is -0.0239. The summed E-state index contributed by atoms with van der Waals surface area (Å²) >= 11 is 0. The standard InChI is InChI=1S/C18H19NO/c1-12-6-7-13(2)17(10-12)18(20)19-16-9-8-14-4-3-5-15(14)11-16/h6-11H,3-5H2,1-2H3,(H,19,20). The first-order valence-corrected chi connectivity index (χ1v) is 7.14. The zero-order valence-electron chi connectivity index (χ0n) is 12.0. The van der Waals surface area contributed by atoms with Crippen LogP contribution in [0.5, 0.6) is 0 Å². The Hall–Kier alpha value is -2.09. The molecule has 3 rings (SSSR count). The molecule has 20 heavy (non-hydrogen) atoms. The van der Waals surface area contributed by atoms with Gasteiger partial charge in [-0.05, 0) is 68.0 Å². The van der Waals surface area contributed by atoms with Crippen LogP contribution in [0, 0.1) is 13.8 Å². The average molecular weight is 265 g/mol. The van der Waals surface area contributed by atoms with Crippen LogP contribution in [0.15, 0.2) is 36.4 Å². The molecule has 0 aliphatic heterocycles. The maximum atomic E-state index is 12.4. The fraction of sp³-hybridized carbons (Fsp3) is 0.278. The summed E-state index contributed by atoms with van der Waals surface area (Å²) in [4.78, 5) is 12.4. The van der Waals surface area contributed by atoms with Gasteiger partial charge in [-0.2, -0.15) is 0 Å². The molecule has 0 bridgehead atoms. The number of carbonyl (C=O) groups excluding carboxylic acids is 1. The molecule has 1 aliphatic rings. The van der Waals surface area contributed by atoms with E-state index < -0.39 is 0 Å². The van der Waals surface area contributed by atoms with E-state index in [-0.39, 0.29) is 5.91 Å². The average Bonchev–Trinajstić information content (AvgIpc) is 2.89. The van der Waals surface area contributed by atoms with E-state index in [9.17, 15) is 4.79 Å². The summed E-state index contributed by atoms with van der Waals surface area (Å²) in [5.74, 6) is -0.0239. The number of fused-ring (bicyclic) bond motifs is 1. The first-order chi connectivity index (χ1) is 9.63. The Morgan fingerprint density at radius 2 is 1.80 bits per heavy atom. The van der Waals surface area contributed by atoms with Gasteiger partial charge in [0, 0.05) is 11.3 Å². The number of anilines is 1. The molecule has 2 aromatic rings. The van der Waals surface area contributed by atoms with Gasteiger partial charge >= 0.3 is 0 Å². The van der Waals surface area contributed by atoms with Gasteiger partial charge in [0.1, 0.15) is 0 Å². The zero-order chi connectivity index (χ0) is 14.1.